The first-order valence-corrected chi connectivity index (χ1v) is 10.9. The van der Waals surface area contributed by atoms with Crippen molar-refractivity contribution in [3.63, 3.8) is 0 Å². The molecule has 0 aliphatic carbocycles. The normalized spacial score (nSPS) is 16.2. The maximum Gasteiger partial charge on any atom is 0.321 e. The minimum absolute atomic E-state index is 0.0620. The van der Waals surface area contributed by atoms with Crippen LogP contribution in [0, 0.1) is 19.8 Å². The highest BCUT2D eigenvalue weighted by Crippen LogP contribution is 2.22. The van der Waals surface area contributed by atoms with Crippen molar-refractivity contribution in [3.8, 4) is 0 Å². The van der Waals surface area contributed by atoms with E-state index in [0.29, 0.717) is 43.5 Å². The second kappa shape index (κ2) is 9.49. The van der Waals surface area contributed by atoms with Gasteiger partial charge in [0.15, 0.2) is 0 Å². The predicted molar refractivity (Wildman–Crippen MR) is 107 cm³/mol. The number of nitrogens with zero attached hydrogens (tertiary/aromatic N) is 2. The van der Waals surface area contributed by atoms with Crippen molar-refractivity contribution in [3.05, 3.63) is 29.3 Å². The fourth-order valence-corrected chi connectivity index (χ4v) is 4.69. The maximum atomic E-state index is 12.9. The number of aryl methyl sites for hydroxylation is 2. The lowest BCUT2D eigenvalue weighted by Gasteiger charge is -2.33. The van der Waals surface area contributed by atoms with Gasteiger partial charge in [0, 0.05) is 32.7 Å². The Labute approximate surface area is 167 Å². The number of rotatable bonds is 6. The van der Waals surface area contributed by atoms with Crippen LogP contribution in [0.15, 0.2) is 23.1 Å². The molecule has 2 N–H and O–H groups in total. The van der Waals surface area contributed by atoms with Crippen molar-refractivity contribution >= 4 is 22.0 Å². The molecule has 0 radical (unpaired) electrons. The van der Waals surface area contributed by atoms with E-state index in [4.69, 9.17) is 0 Å². The van der Waals surface area contributed by atoms with Crippen LogP contribution in [0.2, 0.25) is 0 Å². The lowest BCUT2D eigenvalue weighted by atomic mass is 10.2. The molecule has 9 heteroatoms. The van der Waals surface area contributed by atoms with Crippen molar-refractivity contribution in [2.75, 3.05) is 39.3 Å². The van der Waals surface area contributed by atoms with Crippen LogP contribution in [-0.2, 0) is 14.8 Å². The van der Waals surface area contributed by atoms with Crippen molar-refractivity contribution in [1.82, 2.24) is 19.8 Å². The van der Waals surface area contributed by atoms with E-state index >= 15 is 0 Å². The van der Waals surface area contributed by atoms with Gasteiger partial charge in [-0.25, -0.2) is 13.2 Å². The zero-order chi connectivity index (χ0) is 20.9. The largest absolute Gasteiger partial charge is 0.338 e. The van der Waals surface area contributed by atoms with E-state index in [0.717, 1.165) is 11.1 Å². The molecule has 0 saturated carbocycles. The monoisotopic (exact) mass is 410 g/mol. The quantitative estimate of drug-likeness (QED) is 0.732. The second-order valence-electron chi connectivity index (χ2n) is 7.60. The molecule has 0 unspecified atom stereocenters. The van der Waals surface area contributed by atoms with Gasteiger partial charge >= 0.3 is 6.03 Å². The number of carbonyl (C=O) groups excluding carboxylic acids is 2. The molecule has 2 rings (SSSR count). The van der Waals surface area contributed by atoms with Gasteiger partial charge in [-0.15, -0.1) is 0 Å². The van der Waals surface area contributed by atoms with Crippen LogP contribution in [0.4, 0.5) is 4.79 Å². The van der Waals surface area contributed by atoms with Crippen LogP contribution in [0.25, 0.3) is 0 Å². The zero-order valence-electron chi connectivity index (χ0n) is 17.0. The van der Waals surface area contributed by atoms with Gasteiger partial charge in [0.05, 0.1) is 11.4 Å². The van der Waals surface area contributed by atoms with E-state index in [-0.39, 0.29) is 6.54 Å². The molecule has 1 aliphatic heterocycles. The fourth-order valence-electron chi connectivity index (χ4n) is 2.96. The Morgan fingerprint density at radius 1 is 1.11 bits per heavy atom. The van der Waals surface area contributed by atoms with Gasteiger partial charge in [0.2, 0.25) is 15.9 Å². The molecule has 0 atom stereocenters. The van der Waals surface area contributed by atoms with E-state index in [1.807, 2.05) is 37.8 Å². The number of nitrogens with one attached hydrogen (secondary N) is 2. The molecule has 1 heterocycles. The molecule has 1 aromatic carbocycles. The third-order valence-electron chi connectivity index (χ3n) is 4.58. The number of urea groups is 1. The Kier molecular flexibility index (Phi) is 7.56. The minimum Gasteiger partial charge on any atom is -0.338 e. The summed E-state index contributed by atoms with van der Waals surface area (Å²) in [4.78, 5) is 25.8. The average Bonchev–Trinajstić information content (AvgIpc) is 2.62. The SMILES string of the molecule is Cc1ccc(C)c(S(=O)(=O)N2CCN(CC(=O)NC(=O)NCC(C)C)CC2)c1. The third-order valence-corrected chi connectivity index (χ3v) is 6.62. The molecule has 156 valence electrons. The van der Waals surface area contributed by atoms with E-state index in [9.17, 15) is 18.0 Å². The van der Waals surface area contributed by atoms with Gasteiger partial charge in [0.1, 0.15) is 0 Å². The molecule has 28 heavy (non-hydrogen) atoms. The molecule has 0 spiro atoms. The summed E-state index contributed by atoms with van der Waals surface area (Å²) in [5.74, 6) is -0.0972. The summed E-state index contributed by atoms with van der Waals surface area (Å²) in [6.45, 7) is 9.63. The van der Waals surface area contributed by atoms with Crippen LogP contribution in [0.3, 0.4) is 0 Å². The molecule has 0 bridgehead atoms. The topological polar surface area (TPSA) is 98.8 Å². The number of carbonyl (C=O) groups is 2. The summed E-state index contributed by atoms with van der Waals surface area (Å²) in [7, 11) is -3.56. The van der Waals surface area contributed by atoms with Gasteiger partial charge in [0.25, 0.3) is 0 Å². The molecule has 1 aromatic rings. The number of amides is 3. The number of piperazine rings is 1. The Morgan fingerprint density at radius 3 is 2.36 bits per heavy atom. The van der Waals surface area contributed by atoms with Crippen LogP contribution < -0.4 is 10.6 Å². The number of benzene rings is 1. The van der Waals surface area contributed by atoms with Gasteiger partial charge < -0.3 is 5.32 Å². The smallest absolute Gasteiger partial charge is 0.321 e. The summed E-state index contributed by atoms with van der Waals surface area (Å²) >= 11 is 0. The first kappa shape index (κ1) is 22.3. The van der Waals surface area contributed by atoms with E-state index in [2.05, 4.69) is 10.6 Å². The molecule has 1 aliphatic rings. The molecule has 3 amide bonds. The van der Waals surface area contributed by atoms with Crippen molar-refractivity contribution in [1.29, 1.82) is 0 Å². The Bertz CT molecular complexity index is 815. The van der Waals surface area contributed by atoms with Crippen LogP contribution in [0.5, 0.6) is 0 Å². The molecular formula is C19H30N4O4S. The number of hydrogen-bond acceptors (Lipinski definition) is 5. The maximum absolute atomic E-state index is 12.9. The Hall–Kier alpha value is -1.97. The lowest BCUT2D eigenvalue weighted by Crippen LogP contribution is -2.52. The summed E-state index contributed by atoms with van der Waals surface area (Å²) < 4.78 is 27.3. The number of sulfonamides is 1. The zero-order valence-corrected chi connectivity index (χ0v) is 17.8. The molecule has 8 nitrogen and oxygen atoms in total. The van der Waals surface area contributed by atoms with Gasteiger partial charge in [-0.2, -0.15) is 4.31 Å². The lowest BCUT2D eigenvalue weighted by molar-refractivity contribution is -0.121. The van der Waals surface area contributed by atoms with Crippen LogP contribution in [-0.4, -0.2) is 68.8 Å². The molecule has 1 saturated heterocycles. The van der Waals surface area contributed by atoms with Crippen LogP contribution in [0.1, 0.15) is 25.0 Å². The van der Waals surface area contributed by atoms with E-state index < -0.39 is 22.0 Å². The summed E-state index contributed by atoms with van der Waals surface area (Å²) in [6.07, 6.45) is 0. The average molecular weight is 411 g/mol. The highest BCUT2D eigenvalue weighted by Gasteiger charge is 2.30. The summed E-state index contributed by atoms with van der Waals surface area (Å²) in [6, 6.07) is 4.89. The molecule has 1 fully saturated rings. The fraction of sp³-hybridized carbons (Fsp3) is 0.579. The third kappa shape index (κ3) is 6.02. The number of imide groups is 1. The van der Waals surface area contributed by atoms with Crippen molar-refractivity contribution in [2.24, 2.45) is 5.92 Å². The predicted octanol–water partition coefficient (Wildman–Crippen LogP) is 1.09. The van der Waals surface area contributed by atoms with E-state index in [1.165, 1.54) is 4.31 Å². The standard InChI is InChI=1S/C19H30N4O4S/c1-14(2)12-20-19(25)21-18(24)13-22-7-9-23(10-8-22)28(26,27)17-11-15(3)5-6-16(17)4/h5-6,11,14H,7-10,12-13H2,1-4H3,(H2,20,21,24,25). The first-order chi connectivity index (χ1) is 13.1. The van der Waals surface area contributed by atoms with Gasteiger partial charge in [-0.3, -0.25) is 15.0 Å². The van der Waals surface area contributed by atoms with E-state index in [1.54, 1.807) is 13.0 Å². The molecule has 0 aromatic heterocycles. The minimum atomic E-state index is -3.56. The second-order valence-corrected chi connectivity index (χ2v) is 9.51. The van der Waals surface area contributed by atoms with Crippen molar-refractivity contribution < 1.29 is 18.0 Å². The van der Waals surface area contributed by atoms with Gasteiger partial charge in [-0.1, -0.05) is 26.0 Å². The van der Waals surface area contributed by atoms with Crippen LogP contribution >= 0.6 is 0 Å². The summed E-state index contributed by atoms with van der Waals surface area (Å²) in [5.41, 5.74) is 1.62. The molecular weight excluding hydrogens is 380 g/mol. The Morgan fingerprint density at radius 2 is 1.75 bits per heavy atom. The Balaban J connectivity index is 1.87. The highest BCUT2D eigenvalue weighted by molar-refractivity contribution is 7.89. The van der Waals surface area contributed by atoms with Gasteiger partial charge in [-0.05, 0) is 37.0 Å². The number of hydrogen-bond donors (Lipinski definition) is 2. The highest BCUT2D eigenvalue weighted by atomic mass is 32.2. The first-order valence-electron chi connectivity index (χ1n) is 9.47. The van der Waals surface area contributed by atoms with Crippen molar-refractivity contribution in [2.45, 2.75) is 32.6 Å². The summed E-state index contributed by atoms with van der Waals surface area (Å²) in [5, 5.41) is 4.93.